The highest BCUT2D eigenvalue weighted by atomic mass is 16.7. The van der Waals surface area contributed by atoms with Crippen molar-refractivity contribution >= 4 is 6.47 Å². The molecule has 0 saturated carbocycles. The summed E-state index contributed by atoms with van der Waals surface area (Å²) in [6, 6.07) is 0. The lowest BCUT2D eigenvalue weighted by atomic mass is 10.2. The van der Waals surface area contributed by atoms with Crippen molar-refractivity contribution in [2.45, 2.75) is 25.6 Å². The molecule has 0 bridgehead atoms. The molecule has 0 aliphatic carbocycles. The quantitative estimate of drug-likeness (QED) is 0.516. The molecule has 3 nitrogen and oxygen atoms in total. The average molecular weight is 130 g/mol. The van der Waals surface area contributed by atoms with Gasteiger partial charge in [0.1, 0.15) is 0 Å². The molecular formula is C6H10O3. The van der Waals surface area contributed by atoms with Crippen LogP contribution < -0.4 is 0 Å². The molecular weight excluding hydrogens is 120 g/mol. The Morgan fingerprint density at radius 1 is 1.56 bits per heavy atom. The molecule has 0 aromatic heterocycles. The van der Waals surface area contributed by atoms with E-state index in [4.69, 9.17) is 4.74 Å². The Hall–Kier alpha value is -0.570. The van der Waals surface area contributed by atoms with Gasteiger partial charge in [0.05, 0.1) is 6.61 Å². The van der Waals surface area contributed by atoms with Crippen LogP contribution in [0.25, 0.3) is 0 Å². The van der Waals surface area contributed by atoms with Gasteiger partial charge in [-0.05, 0) is 12.8 Å². The molecule has 0 aromatic carbocycles. The molecule has 1 aliphatic heterocycles. The van der Waals surface area contributed by atoms with Crippen molar-refractivity contribution < 1.29 is 14.3 Å². The molecule has 1 unspecified atom stereocenters. The lowest BCUT2D eigenvalue weighted by molar-refractivity contribution is -0.172. The normalized spacial score (nSPS) is 27.3. The van der Waals surface area contributed by atoms with Crippen LogP contribution in [0.3, 0.4) is 0 Å². The minimum atomic E-state index is -0.267. The highest BCUT2D eigenvalue weighted by Crippen LogP contribution is 2.12. The molecule has 1 atom stereocenters. The van der Waals surface area contributed by atoms with Gasteiger partial charge in [-0.15, -0.1) is 0 Å². The van der Waals surface area contributed by atoms with Gasteiger partial charge in [0, 0.05) is 6.42 Å². The second-order valence-corrected chi connectivity index (χ2v) is 2.03. The summed E-state index contributed by atoms with van der Waals surface area (Å²) in [6.45, 7) is 1.16. The molecule has 3 heteroatoms. The minimum absolute atomic E-state index is 0.267. The molecule has 1 heterocycles. The van der Waals surface area contributed by atoms with Crippen LogP contribution in [0.5, 0.6) is 0 Å². The molecule has 0 amide bonds. The van der Waals surface area contributed by atoms with Crippen LogP contribution in [-0.2, 0) is 14.3 Å². The summed E-state index contributed by atoms with van der Waals surface area (Å²) in [4.78, 5) is 9.77. The second kappa shape index (κ2) is 3.45. The third kappa shape index (κ3) is 2.01. The van der Waals surface area contributed by atoms with Gasteiger partial charge in [-0.2, -0.15) is 0 Å². The van der Waals surface area contributed by atoms with Crippen molar-refractivity contribution in [1.82, 2.24) is 0 Å². The fourth-order valence-electron chi connectivity index (χ4n) is 0.880. The first kappa shape index (κ1) is 6.55. The topological polar surface area (TPSA) is 35.5 Å². The zero-order valence-electron chi connectivity index (χ0n) is 5.21. The lowest BCUT2D eigenvalue weighted by Crippen LogP contribution is -2.21. The number of ether oxygens (including phenoxy) is 2. The van der Waals surface area contributed by atoms with E-state index >= 15 is 0 Å². The van der Waals surface area contributed by atoms with E-state index in [1.807, 2.05) is 0 Å². The fraction of sp³-hybridized carbons (Fsp3) is 0.833. The molecule has 1 rings (SSSR count). The van der Waals surface area contributed by atoms with E-state index in [0.29, 0.717) is 6.47 Å². The monoisotopic (exact) mass is 130 g/mol. The van der Waals surface area contributed by atoms with Gasteiger partial charge in [-0.1, -0.05) is 0 Å². The van der Waals surface area contributed by atoms with Crippen LogP contribution >= 0.6 is 0 Å². The number of carbonyl (C=O) groups is 1. The smallest absolute Gasteiger partial charge is 0.295 e. The number of hydrogen-bond acceptors (Lipinski definition) is 3. The third-order valence-corrected chi connectivity index (χ3v) is 1.35. The highest BCUT2D eigenvalue weighted by molar-refractivity contribution is 5.37. The van der Waals surface area contributed by atoms with Crippen LogP contribution in [-0.4, -0.2) is 19.4 Å². The molecule has 1 fully saturated rings. The van der Waals surface area contributed by atoms with E-state index in [-0.39, 0.29) is 6.29 Å². The molecule has 52 valence electrons. The van der Waals surface area contributed by atoms with E-state index in [9.17, 15) is 4.79 Å². The Balaban J connectivity index is 2.15. The summed E-state index contributed by atoms with van der Waals surface area (Å²) in [5.41, 5.74) is 0. The van der Waals surface area contributed by atoms with Gasteiger partial charge >= 0.3 is 0 Å². The van der Waals surface area contributed by atoms with Crippen molar-refractivity contribution in [2.24, 2.45) is 0 Å². The predicted octanol–water partition coefficient (Wildman–Crippen LogP) is 0.686. The third-order valence-electron chi connectivity index (χ3n) is 1.35. The maximum Gasteiger partial charge on any atom is 0.295 e. The SMILES string of the molecule is O=COC1CCCCO1. The van der Waals surface area contributed by atoms with Crippen molar-refractivity contribution in [3.05, 3.63) is 0 Å². The predicted molar refractivity (Wildman–Crippen MR) is 30.7 cm³/mol. The Bertz CT molecular complexity index is 86.3. The summed E-state index contributed by atoms with van der Waals surface area (Å²) >= 11 is 0. The molecule has 0 N–H and O–H groups in total. The van der Waals surface area contributed by atoms with Gasteiger partial charge in [0.15, 0.2) is 0 Å². The summed E-state index contributed by atoms with van der Waals surface area (Å²) in [5, 5.41) is 0. The number of hydrogen-bond donors (Lipinski definition) is 0. The molecule has 9 heavy (non-hydrogen) atoms. The Labute approximate surface area is 53.9 Å². The van der Waals surface area contributed by atoms with E-state index in [0.717, 1.165) is 25.9 Å². The summed E-state index contributed by atoms with van der Waals surface area (Å²) in [5.74, 6) is 0. The number of carbonyl (C=O) groups excluding carboxylic acids is 1. The Morgan fingerprint density at radius 3 is 3.00 bits per heavy atom. The van der Waals surface area contributed by atoms with Crippen LogP contribution in [0.2, 0.25) is 0 Å². The maximum absolute atomic E-state index is 9.77. The van der Waals surface area contributed by atoms with E-state index in [2.05, 4.69) is 4.74 Å². The summed E-state index contributed by atoms with van der Waals surface area (Å²) in [7, 11) is 0. The van der Waals surface area contributed by atoms with Gasteiger partial charge < -0.3 is 9.47 Å². The van der Waals surface area contributed by atoms with Crippen molar-refractivity contribution in [1.29, 1.82) is 0 Å². The van der Waals surface area contributed by atoms with Crippen LogP contribution in [0.1, 0.15) is 19.3 Å². The van der Waals surface area contributed by atoms with Gasteiger partial charge in [0.25, 0.3) is 6.47 Å². The van der Waals surface area contributed by atoms with Gasteiger partial charge in [-0.3, -0.25) is 4.79 Å². The van der Waals surface area contributed by atoms with E-state index in [1.54, 1.807) is 0 Å². The van der Waals surface area contributed by atoms with E-state index in [1.165, 1.54) is 0 Å². The standard InChI is InChI=1S/C6H10O3/c7-5-9-6-3-1-2-4-8-6/h5-6H,1-4H2. The summed E-state index contributed by atoms with van der Waals surface area (Å²) < 4.78 is 9.64. The van der Waals surface area contributed by atoms with Crippen molar-refractivity contribution in [2.75, 3.05) is 6.61 Å². The van der Waals surface area contributed by atoms with E-state index < -0.39 is 0 Å². The molecule has 0 radical (unpaired) electrons. The Morgan fingerprint density at radius 2 is 2.44 bits per heavy atom. The molecule has 0 spiro atoms. The first-order valence-electron chi connectivity index (χ1n) is 3.14. The molecule has 1 aliphatic rings. The second-order valence-electron chi connectivity index (χ2n) is 2.03. The fourth-order valence-corrected chi connectivity index (χ4v) is 0.880. The Kier molecular flexibility index (Phi) is 2.51. The average Bonchev–Trinajstić information content (AvgIpc) is 1.91. The van der Waals surface area contributed by atoms with Crippen molar-refractivity contribution in [3.8, 4) is 0 Å². The van der Waals surface area contributed by atoms with Crippen LogP contribution in [0.15, 0.2) is 0 Å². The molecule has 1 saturated heterocycles. The van der Waals surface area contributed by atoms with Crippen LogP contribution in [0, 0.1) is 0 Å². The zero-order chi connectivity index (χ0) is 6.53. The maximum atomic E-state index is 9.77. The first-order chi connectivity index (χ1) is 4.43. The minimum Gasteiger partial charge on any atom is -0.438 e. The summed E-state index contributed by atoms with van der Waals surface area (Å²) in [6.07, 6.45) is 2.76. The largest absolute Gasteiger partial charge is 0.438 e. The molecule has 0 aromatic rings. The van der Waals surface area contributed by atoms with Gasteiger partial charge in [0.2, 0.25) is 6.29 Å². The highest BCUT2D eigenvalue weighted by Gasteiger charge is 2.12. The lowest BCUT2D eigenvalue weighted by Gasteiger charge is -2.19. The van der Waals surface area contributed by atoms with Crippen LogP contribution in [0.4, 0.5) is 0 Å². The van der Waals surface area contributed by atoms with Gasteiger partial charge in [-0.25, -0.2) is 0 Å². The first-order valence-corrected chi connectivity index (χ1v) is 3.14. The number of rotatable bonds is 2. The van der Waals surface area contributed by atoms with Crippen molar-refractivity contribution in [3.63, 3.8) is 0 Å². The zero-order valence-corrected chi connectivity index (χ0v) is 5.21.